The van der Waals surface area contributed by atoms with Crippen molar-refractivity contribution in [3.63, 3.8) is 0 Å². The quantitative estimate of drug-likeness (QED) is 0.861. The van der Waals surface area contributed by atoms with Gasteiger partial charge in [0.1, 0.15) is 5.82 Å². The highest BCUT2D eigenvalue weighted by molar-refractivity contribution is 7.84. The van der Waals surface area contributed by atoms with Gasteiger partial charge in [0.2, 0.25) is 0 Å². The third-order valence-corrected chi connectivity index (χ3v) is 3.98. The molecule has 0 amide bonds. The first kappa shape index (κ1) is 12.8. The van der Waals surface area contributed by atoms with Crippen molar-refractivity contribution in [1.29, 1.82) is 0 Å². The molecule has 2 aromatic rings. The Kier molecular flexibility index (Phi) is 3.76. The second-order valence-electron chi connectivity index (χ2n) is 3.88. The lowest BCUT2D eigenvalue weighted by atomic mass is 10.3. The van der Waals surface area contributed by atoms with Crippen LogP contribution in [0.4, 0.5) is 10.1 Å². The van der Waals surface area contributed by atoms with Crippen LogP contribution in [0.25, 0.3) is 0 Å². The molecule has 2 rings (SSSR count). The maximum Gasteiger partial charge on any atom is 0.125 e. The molecule has 0 aliphatic rings. The zero-order valence-corrected chi connectivity index (χ0v) is 10.8. The lowest BCUT2D eigenvalue weighted by Gasteiger charge is -2.04. The Bertz CT molecular complexity index is 582. The largest absolute Gasteiger partial charge is 0.398 e. The van der Waals surface area contributed by atoms with Crippen LogP contribution in [0.15, 0.2) is 35.5 Å². The van der Waals surface area contributed by atoms with Gasteiger partial charge in [0.25, 0.3) is 0 Å². The van der Waals surface area contributed by atoms with E-state index in [1.165, 1.54) is 18.2 Å². The molecule has 1 atom stereocenters. The highest BCUT2D eigenvalue weighted by atomic mass is 32.2. The summed E-state index contributed by atoms with van der Waals surface area (Å²) in [7, 11) is -1.29. The number of anilines is 1. The number of aromatic nitrogens is 2. The van der Waals surface area contributed by atoms with Gasteiger partial charge in [0.15, 0.2) is 0 Å². The fourth-order valence-electron chi connectivity index (χ4n) is 1.61. The van der Waals surface area contributed by atoms with Gasteiger partial charge in [0.05, 0.1) is 33.3 Å². The smallest absolute Gasteiger partial charge is 0.125 e. The standard InChI is InChI=1S/C12H14FN3OS/c1-2-16-7-9(6-15-16)8-18(17)12-4-3-10(13)5-11(12)14/h3-7H,2,8,14H2,1H3. The molecule has 2 N–H and O–H groups in total. The summed E-state index contributed by atoms with van der Waals surface area (Å²) in [5, 5.41) is 4.11. The molecule has 0 aliphatic heterocycles. The van der Waals surface area contributed by atoms with Crippen LogP contribution >= 0.6 is 0 Å². The average molecular weight is 267 g/mol. The number of aryl methyl sites for hydroxylation is 1. The molecule has 1 heterocycles. The molecule has 6 heteroatoms. The number of hydrogen-bond acceptors (Lipinski definition) is 3. The first-order chi connectivity index (χ1) is 8.60. The Morgan fingerprint density at radius 1 is 1.50 bits per heavy atom. The van der Waals surface area contributed by atoms with Gasteiger partial charge in [-0.2, -0.15) is 5.10 Å². The molecule has 0 spiro atoms. The highest BCUT2D eigenvalue weighted by Gasteiger charge is 2.10. The molecule has 1 aromatic heterocycles. The van der Waals surface area contributed by atoms with Gasteiger partial charge in [0, 0.05) is 18.3 Å². The molecule has 96 valence electrons. The van der Waals surface area contributed by atoms with E-state index in [1.54, 1.807) is 10.9 Å². The zero-order chi connectivity index (χ0) is 13.1. The van der Waals surface area contributed by atoms with Gasteiger partial charge in [-0.3, -0.25) is 8.89 Å². The van der Waals surface area contributed by atoms with Crippen LogP contribution in [0.1, 0.15) is 12.5 Å². The highest BCUT2D eigenvalue weighted by Crippen LogP contribution is 2.20. The second-order valence-corrected chi connectivity index (χ2v) is 5.30. The molecule has 0 saturated heterocycles. The fraction of sp³-hybridized carbons (Fsp3) is 0.250. The van der Waals surface area contributed by atoms with E-state index >= 15 is 0 Å². The minimum Gasteiger partial charge on any atom is -0.398 e. The number of nitrogen functional groups attached to an aromatic ring is 1. The van der Waals surface area contributed by atoms with Crippen LogP contribution in [-0.4, -0.2) is 14.0 Å². The van der Waals surface area contributed by atoms with Crippen molar-refractivity contribution in [2.75, 3.05) is 5.73 Å². The topological polar surface area (TPSA) is 60.9 Å². The molecule has 18 heavy (non-hydrogen) atoms. The number of nitrogens with zero attached hydrogens (tertiary/aromatic N) is 2. The minimum absolute atomic E-state index is 0.219. The van der Waals surface area contributed by atoms with E-state index in [-0.39, 0.29) is 5.69 Å². The predicted molar refractivity (Wildman–Crippen MR) is 68.8 cm³/mol. The van der Waals surface area contributed by atoms with Crippen molar-refractivity contribution in [1.82, 2.24) is 9.78 Å². The Balaban J connectivity index is 2.16. The summed E-state index contributed by atoms with van der Waals surface area (Å²) in [6, 6.07) is 3.91. The lowest BCUT2D eigenvalue weighted by Crippen LogP contribution is -2.01. The van der Waals surface area contributed by atoms with Crippen molar-refractivity contribution >= 4 is 16.5 Å². The summed E-state index contributed by atoms with van der Waals surface area (Å²) in [5.41, 5.74) is 6.75. The predicted octanol–water partition coefficient (Wildman–Crippen LogP) is 1.93. The number of nitrogens with two attached hydrogens (primary N) is 1. The van der Waals surface area contributed by atoms with E-state index in [1.807, 2.05) is 13.1 Å². The third kappa shape index (κ3) is 2.76. The van der Waals surface area contributed by atoms with Crippen LogP contribution < -0.4 is 5.73 Å². The molecule has 0 fully saturated rings. The average Bonchev–Trinajstić information content (AvgIpc) is 2.76. The van der Waals surface area contributed by atoms with Gasteiger partial charge in [-0.25, -0.2) is 4.39 Å². The molecule has 4 nitrogen and oxygen atoms in total. The molecule has 0 saturated carbocycles. The van der Waals surface area contributed by atoms with Crippen molar-refractivity contribution in [3.05, 3.63) is 42.0 Å². The van der Waals surface area contributed by atoms with Crippen LogP contribution in [0.3, 0.4) is 0 Å². The monoisotopic (exact) mass is 267 g/mol. The molecular weight excluding hydrogens is 253 g/mol. The molecular formula is C12H14FN3OS. The molecule has 1 unspecified atom stereocenters. The first-order valence-electron chi connectivity index (χ1n) is 5.55. The van der Waals surface area contributed by atoms with E-state index in [2.05, 4.69) is 5.10 Å². The van der Waals surface area contributed by atoms with Crippen molar-refractivity contribution in [2.45, 2.75) is 24.1 Å². The number of halogens is 1. The summed E-state index contributed by atoms with van der Waals surface area (Å²) in [4.78, 5) is 0.459. The van der Waals surface area contributed by atoms with Crippen molar-refractivity contribution in [2.24, 2.45) is 0 Å². The van der Waals surface area contributed by atoms with Gasteiger partial charge in [-0.05, 0) is 25.1 Å². The SMILES string of the molecule is CCn1cc(CS(=O)c2ccc(F)cc2N)cn1. The summed E-state index contributed by atoms with van der Waals surface area (Å²) >= 11 is 0. The Morgan fingerprint density at radius 3 is 2.89 bits per heavy atom. The number of rotatable bonds is 4. The first-order valence-corrected chi connectivity index (χ1v) is 6.86. The number of hydrogen-bond donors (Lipinski definition) is 1. The lowest BCUT2D eigenvalue weighted by molar-refractivity contribution is 0.627. The van der Waals surface area contributed by atoms with E-state index in [4.69, 9.17) is 5.73 Å². The van der Waals surface area contributed by atoms with E-state index < -0.39 is 16.6 Å². The Hall–Kier alpha value is -1.69. The Labute approximate surface area is 107 Å². The van der Waals surface area contributed by atoms with Crippen molar-refractivity contribution < 1.29 is 8.60 Å². The van der Waals surface area contributed by atoms with Gasteiger partial charge < -0.3 is 5.73 Å². The van der Waals surface area contributed by atoms with Crippen LogP contribution in [-0.2, 0) is 23.1 Å². The summed E-state index contributed by atoms with van der Waals surface area (Å²) in [6.07, 6.45) is 3.53. The summed E-state index contributed by atoms with van der Waals surface area (Å²) < 4.78 is 26.8. The summed E-state index contributed by atoms with van der Waals surface area (Å²) in [5.74, 6) is -0.0948. The van der Waals surface area contributed by atoms with Gasteiger partial charge in [-0.1, -0.05) is 0 Å². The van der Waals surface area contributed by atoms with Gasteiger partial charge in [-0.15, -0.1) is 0 Å². The second kappa shape index (κ2) is 5.30. The van der Waals surface area contributed by atoms with E-state index in [9.17, 15) is 8.60 Å². The molecule has 1 aromatic carbocycles. The zero-order valence-electron chi connectivity index (χ0n) is 9.97. The maximum atomic E-state index is 12.9. The van der Waals surface area contributed by atoms with Crippen LogP contribution in [0.5, 0.6) is 0 Å². The molecule has 0 radical (unpaired) electrons. The third-order valence-electron chi connectivity index (χ3n) is 2.53. The number of benzene rings is 1. The van der Waals surface area contributed by atoms with Crippen molar-refractivity contribution in [3.8, 4) is 0 Å². The van der Waals surface area contributed by atoms with Crippen LogP contribution in [0.2, 0.25) is 0 Å². The maximum absolute atomic E-state index is 12.9. The molecule has 0 bridgehead atoms. The van der Waals surface area contributed by atoms with Gasteiger partial charge >= 0.3 is 0 Å². The minimum atomic E-state index is -1.29. The normalized spacial score (nSPS) is 12.6. The van der Waals surface area contributed by atoms with E-state index in [0.29, 0.717) is 10.6 Å². The molecule has 0 aliphatic carbocycles. The summed E-state index contributed by atoms with van der Waals surface area (Å²) in [6.45, 7) is 2.75. The fourth-order valence-corrected chi connectivity index (χ4v) is 2.76. The Morgan fingerprint density at radius 2 is 2.28 bits per heavy atom. The van der Waals surface area contributed by atoms with Crippen LogP contribution in [0, 0.1) is 5.82 Å². The van der Waals surface area contributed by atoms with E-state index in [0.717, 1.165) is 12.1 Å².